The molecule has 6 heterocycles. The molecule has 12 heteroatoms. The first kappa shape index (κ1) is 25.1. The van der Waals surface area contributed by atoms with Gasteiger partial charge in [-0.1, -0.05) is 17.3 Å². The van der Waals surface area contributed by atoms with Gasteiger partial charge in [0.2, 0.25) is 5.95 Å². The van der Waals surface area contributed by atoms with Gasteiger partial charge in [-0.2, -0.15) is 9.97 Å². The molecule has 3 saturated heterocycles. The summed E-state index contributed by atoms with van der Waals surface area (Å²) < 4.78 is 35.8. The number of anilines is 3. The summed E-state index contributed by atoms with van der Waals surface area (Å²) >= 11 is 0. The van der Waals surface area contributed by atoms with Gasteiger partial charge in [-0.3, -0.25) is 4.79 Å². The number of nitrogens with zero attached hydrogens (tertiary/aromatic N) is 5. The third-order valence-electron chi connectivity index (χ3n) is 8.87. The second-order valence-electron chi connectivity index (χ2n) is 12.0. The molecule has 8 rings (SSSR count). The van der Waals surface area contributed by atoms with Gasteiger partial charge in [0.1, 0.15) is 17.2 Å². The van der Waals surface area contributed by atoms with Crippen molar-refractivity contribution in [3.63, 3.8) is 0 Å². The average molecular weight is 587 g/mol. The van der Waals surface area contributed by atoms with Crippen LogP contribution in [0.3, 0.4) is 0 Å². The minimum atomic E-state index is -2.77. The highest BCUT2D eigenvalue weighted by molar-refractivity contribution is 6.00. The van der Waals surface area contributed by atoms with Crippen LogP contribution in [0.4, 0.5) is 21.8 Å². The van der Waals surface area contributed by atoms with Crippen molar-refractivity contribution in [2.45, 2.75) is 50.1 Å². The smallest absolute Gasteiger partial charge is 0.263 e. The van der Waals surface area contributed by atoms with Crippen LogP contribution in [0.2, 0.25) is 0 Å². The highest BCUT2D eigenvalue weighted by Crippen LogP contribution is 2.42. The van der Waals surface area contributed by atoms with Gasteiger partial charge >= 0.3 is 0 Å². The van der Waals surface area contributed by atoms with Crippen molar-refractivity contribution < 1.29 is 21.6 Å². The zero-order valence-electron chi connectivity index (χ0n) is 25.8. The molecule has 1 atom stereocenters. The van der Waals surface area contributed by atoms with Crippen LogP contribution in [0, 0.1) is 5.82 Å². The number of hydrogen-bond acceptors (Lipinski definition) is 10. The maximum atomic E-state index is 13.7. The summed E-state index contributed by atoms with van der Waals surface area (Å²) in [4.78, 5) is 28.7. The van der Waals surface area contributed by atoms with Gasteiger partial charge in [0.05, 0.1) is 20.9 Å². The number of amides is 1. The molecule has 222 valence electrons. The fourth-order valence-corrected chi connectivity index (χ4v) is 6.29. The monoisotopic (exact) mass is 586 g/mol. The highest BCUT2D eigenvalue weighted by Gasteiger charge is 2.44. The minimum absolute atomic E-state index is 0.115. The summed E-state index contributed by atoms with van der Waals surface area (Å²) in [5, 5.41) is 24.0. The molecule has 0 saturated carbocycles. The lowest BCUT2D eigenvalue weighted by molar-refractivity contribution is 0.0747. The van der Waals surface area contributed by atoms with Crippen LogP contribution in [0.5, 0.6) is 0 Å². The molecule has 3 fully saturated rings. The van der Waals surface area contributed by atoms with E-state index in [0.29, 0.717) is 28.2 Å². The standard InChI is InChI=1S/C31H33FN8O3/c1-30(2)23-15-20(7-8-21(23)26(42)38-30)34-29-33-16-22(25(36-29)35-24(17-41)18-3-5-19(32)6-4-18)27-37-28(39-43-27)31-9-12-40(13-10-31)14-11-31/h3-8,15-16,24,41H,9-14,17H2,1-2H3,(H,38,42)(H2,33,34,35,36)/t24-/m1/s1/i17D2. The van der Waals surface area contributed by atoms with Crippen molar-refractivity contribution in [2.24, 2.45) is 0 Å². The average Bonchev–Trinajstić information content (AvgIpc) is 3.60. The maximum absolute atomic E-state index is 13.7. The number of halogens is 1. The molecule has 4 N–H and O–H groups in total. The Bertz CT molecular complexity index is 1750. The zero-order valence-corrected chi connectivity index (χ0v) is 23.8. The van der Waals surface area contributed by atoms with Crippen molar-refractivity contribution in [3.8, 4) is 11.5 Å². The Hall–Kier alpha value is -4.42. The molecule has 2 bridgehead atoms. The lowest BCUT2D eigenvalue weighted by Gasteiger charge is -2.46. The van der Waals surface area contributed by atoms with Gasteiger partial charge in [0.15, 0.2) is 5.82 Å². The normalized spacial score (nSPS) is 23.6. The van der Waals surface area contributed by atoms with Crippen LogP contribution in [-0.2, 0) is 11.0 Å². The SMILES string of the molecule is [2H]C([2H])(O)[C@@H](Nc1nc(Nc2ccc3c(c2)C(C)(C)NC3=O)ncc1-c1nc(C23CCN(CC2)CC3)no1)c1ccc(F)cc1. The summed E-state index contributed by atoms with van der Waals surface area (Å²) in [7, 11) is 0. The first-order valence-corrected chi connectivity index (χ1v) is 14.3. The predicted octanol–water partition coefficient (Wildman–Crippen LogP) is 4.27. The van der Waals surface area contributed by atoms with Gasteiger partial charge in [-0.05, 0) is 94.2 Å². The van der Waals surface area contributed by atoms with Crippen LogP contribution in [0.1, 0.15) is 69.2 Å². The lowest BCUT2D eigenvalue weighted by atomic mass is 9.71. The number of rotatable bonds is 8. The maximum Gasteiger partial charge on any atom is 0.263 e. The first-order valence-electron chi connectivity index (χ1n) is 15.3. The van der Waals surface area contributed by atoms with Crippen LogP contribution >= 0.6 is 0 Å². The molecular weight excluding hydrogens is 551 g/mol. The van der Waals surface area contributed by atoms with Crippen molar-refractivity contribution >= 4 is 23.4 Å². The molecular formula is C31H33FN8O3. The number of aromatic nitrogens is 4. The number of benzene rings is 2. The van der Waals surface area contributed by atoms with Crippen LogP contribution in [0.15, 0.2) is 53.2 Å². The van der Waals surface area contributed by atoms with Crippen molar-refractivity contribution in [3.05, 3.63) is 77.0 Å². The summed E-state index contributed by atoms with van der Waals surface area (Å²) in [6.07, 6.45) is 4.30. The van der Waals surface area contributed by atoms with Gasteiger partial charge in [0, 0.05) is 22.9 Å². The molecule has 4 aromatic rings. The second-order valence-corrected chi connectivity index (χ2v) is 12.0. The minimum Gasteiger partial charge on any atom is -0.394 e. The molecule has 0 aliphatic carbocycles. The van der Waals surface area contributed by atoms with E-state index in [1.165, 1.54) is 30.5 Å². The molecule has 1 amide bonds. The van der Waals surface area contributed by atoms with E-state index < -0.39 is 24.0 Å². The number of fused-ring (bicyclic) bond motifs is 4. The van der Waals surface area contributed by atoms with Crippen LogP contribution in [0.25, 0.3) is 11.5 Å². The van der Waals surface area contributed by atoms with Crippen LogP contribution in [-0.4, -0.2) is 62.2 Å². The molecule has 43 heavy (non-hydrogen) atoms. The van der Waals surface area contributed by atoms with E-state index in [2.05, 4.69) is 36.0 Å². The summed E-state index contributed by atoms with van der Waals surface area (Å²) in [6.45, 7) is 4.01. The molecule has 4 aliphatic heterocycles. The van der Waals surface area contributed by atoms with E-state index in [1.807, 2.05) is 19.9 Å². The fourth-order valence-electron chi connectivity index (χ4n) is 6.29. The van der Waals surface area contributed by atoms with E-state index in [4.69, 9.17) is 12.2 Å². The number of hydrogen-bond donors (Lipinski definition) is 4. The van der Waals surface area contributed by atoms with Gasteiger partial charge < -0.3 is 30.5 Å². The summed E-state index contributed by atoms with van der Waals surface area (Å²) in [5.74, 6) is 0.417. The number of aliphatic hydroxyl groups is 1. The Morgan fingerprint density at radius 2 is 1.86 bits per heavy atom. The fraction of sp³-hybridized carbons (Fsp3) is 0.387. The molecule has 0 spiro atoms. The third kappa shape index (κ3) is 5.00. The van der Waals surface area contributed by atoms with E-state index in [1.54, 1.807) is 12.1 Å². The quantitative estimate of drug-likeness (QED) is 0.237. The summed E-state index contributed by atoms with van der Waals surface area (Å²) in [5.41, 5.74) is 1.93. The molecule has 0 radical (unpaired) electrons. The molecule has 0 unspecified atom stereocenters. The van der Waals surface area contributed by atoms with Crippen molar-refractivity contribution in [1.29, 1.82) is 0 Å². The zero-order chi connectivity index (χ0) is 31.6. The second kappa shape index (κ2) is 10.4. The predicted molar refractivity (Wildman–Crippen MR) is 157 cm³/mol. The molecule has 2 aromatic carbocycles. The van der Waals surface area contributed by atoms with E-state index in [-0.39, 0.29) is 29.0 Å². The van der Waals surface area contributed by atoms with Gasteiger partial charge in [-0.15, -0.1) is 0 Å². The molecule has 4 aliphatic rings. The van der Waals surface area contributed by atoms with Gasteiger partial charge in [-0.25, -0.2) is 9.37 Å². The molecule has 11 nitrogen and oxygen atoms in total. The van der Waals surface area contributed by atoms with Crippen molar-refractivity contribution in [2.75, 3.05) is 36.8 Å². The molecule has 2 aromatic heterocycles. The Kier molecular flexibility index (Phi) is 6.07. The van der Waals surface area contributed by atoms with E-state index in [0.717, 1.165) is 44.5 Å². The topological polar surface area (TPSA) is 141 Å². The first-order chi connectivity index (χ1) is 21.4. The highest BCUT2D eigenvalue weighted by atomic mass is 19.1. The van der Waals surface area contributed by atoms with E-state index in [9.17, 15) is 14.3 Å². The summed E-state index contributed by atoms with van der Waals surface area (Å²) in [6, 6.07) is 9.15. The van der Waals surface area contributed by atoms with E-state index >= 15 is 0 Å². The number of carbonyl (C=O) groups excluding carboxylic acids is 1. The Balaban J connectivity index is 1.27. The Morgan fingerprint density at radius 1 is 1.12 bits per heavy atom. The third-order valence-corrected chi connectivity index (χ3v) is 8.87. The Labute approximate surface area is 250 Å². The number of piperidine rings is 3. The van der Waals surface area contributed by atoms with Gasteiger partial charge in [0.25, 0.3) is 11.8 Å². The Morgan fingerprint density at radius 3 is 2.58 bits per heavy atom. The number of carbonyl (C=O) groups is 1. The van der Waals surface area contributed by atoms with Crippen LogP contribution < -0.4 is 16.0 Å². The number of nitrogens with one attached hydrogen (secondary N) is 3. The van der Waals surface area contributed by atoms with Crippen molar-refractivity contribution in [1.82, 2.24) is 30.3 Å². The largest absolute Gasteiger partial charge is 0.394 e. The lowest BCUT2D eigenvalue weighted by Crippen LogP contribution is -2.51.